The molecule has 0 bridgehead atoms. The molecule has 6 heteroatoms. The lowest BCUT2D eigenvalue weighted by molar-refractivity contribution is 0.0526. The van der Waals surface area contributed by atoms with Gasteiger partial charge in [0.2, 0.25) is 0 Å². The summed E-state index contributed by atoms with van der Waals surface area (Å²) in [5.74, 6) is 0.363. The maximum atomic E-state index is 12.0. The van der Waals surface area contributed by atoms with Gasteiger partial charge in [0.05, 0.1) is 19.3 Å². The maximum absolute atomic E-state index is 12.0. The predicted octanol–water partition coefficient (Wildman–Crippen LogP) is 4.20. The van der Waals surface area contributed by atoms with Gasteiger partial charge < -0.3 is 14.8 Å². The zero-order valence-corrected chi connectivity index (χ0v) is 13.7. The molecule has 120 valence electrons. The van der Waals surface area contributed by atoms with Crippen LogP contribution in [0.2, 0.25) is 0 Å². The van der Waals surface area contributed by atoms with Gasteiger partial charge in [-0.2, -0.15) is 0 Å². The summed E-state index contributed by atoms with van der Waals surface area (Å²) in [7, 11) is 1.59. The number of amides is 1. The molecule has 0 aliphatic heterocycles. The van der Waals surface area contributed by atoms with E-state index in [0.717, 1.165) is 22.4 Å². The van der Waals surface area contributed by atoms with Gasteiger partial charge in [0.25, 0.3) is 5.24 Å². The molecule has 0 heterocycles. The molecule has 0 radical (unpaired) electrons. The van der Waals surface area contributed by atoms with E-state index in [-0.39, 0.29) is 11.2 Å². The van der Waals surface area contributed by atoms with Crippen molar-refractivity contribution in [1.82, 2.24) is 0 Å². The first-order valence-corrected chi connectivity index (χ1v) is 7.84. The van der Waals surface area contributed by atoms with Gasteiger partial charge in [-0.3, -0.25) is 4.79 Å². The van der Waals surface area contributed by atoms with E-state index < -0.39 is 0 Å². The van der Waals surface area contributed by atoms with Crippen molar-refractivity contribution in [2.45, 2.75) is 11.8 Å². The molecule has 5 nitrogen and oxygen atoms in total. The lowest BCUT2D eigenvalue weighted by atomic mass is 10.2. The largest absolute Gasteiger partial charge is 0.497 e. The number of hydrogen-bond donors (Lipinski definition) is 1. The van der Waals surface area contributed by atoms with Gasteiger partial charge in [0.1, 0.15) is 5.75 Å². The molecule has 0 fully saturated rings. The molecule has 23 heavy (non-hydrogen) atoms. The van der Waals surface area contributed by atoms with E-state index in [0.29, 0.717) is 17.9 Å². The van der Waals surface area contributed by atoms with Crippen molar-refractivity contribution in [2.24, 2.45) is 0 Å². The molecule has 1 N–H and O–H groups in total. The lowest BCUT2D eigenvalue weighted by Crippen LogP contribution is -2.07. The Balaban J connectivity index is 1.93. The van der Waals surface area contributed by atoms with Crippen molar-refractivity contribution in [3.63, 3.8) is 0 Å². The highest BCUT2D eigenvalue weighted by molar-refractivity contribution is 8.13. The minimum Gasteiger partial charge on any atom is -0.497 e. The second kappa shape index (κ2) is 8.24. The van der Waals surface area contributed by atoms with E-state index in [2.05, 4.69) is 5.32 Å². The van der Waals surface area contributed by atoms with E-state index >= 15 is 0 Å². The van der Waals surface area contributed by atoms with Crippen molar-refractivity contribution in [3.8, 4) is 5.75 Å². The minimum atomic E-state index is -0.377. The van der Waals surface area contributed by atoms with E-state index in [1.54, 1.807) is 50.4 Å². The summed E-state index contributed by atoms with van der Waals surface area (Å²) in [6, 6.07) is 13.8. The summed E-state index contributed by atoms with van der Waals surface area (Å²) in [5.41, 5.74) is 1.07. The molecular weight excluding hydrogens is 314 g/mol. The van der Waals surface area contributed by atoms with Crippen molar-refractivity contribution < 1.29 is 19.1 Å². The van der Waals surface area contributed by atoms with Crippen molar-refractivity contribution >= 4 is 28.7 Å². The highest BCUT2D eigenvalue weighted by atomic mass is 32.2. The highest BCUT2D eigenvalue weighted by Crippen LogP contribution is 2.23. The minimum absolute atomic E-state index is 0.209. The lowest BCUT2D eigenvalue weighted by Gasteiger charge is -2.06. The average Bonchev–Trinajstić information content (AvgIpc) is 2.56. The van der Waals surface area contributed by atoms with Crippen LogP contribution in [-0.2, 0) is 4.74 Å². The summed E-state index contributed by atoms with van der Waals surface area (Å²) in [6.07, 6.45) is 0. The quantitative estimate of drug-likeness (QED) is 0.657. The third-order valence-corrected chi connectivity index (χ3v) is 3.71. The van der Waals surface area contributed by atoms with Gasteiger partial charge in [0, 0.05) is 10.6 Å². The Labute approximate surface area is 139 Å². The number of ether oxygens (including phenoxy) is 2. The number of esters is 1. The molecule has 0 aromatic heterocycles. The monoisotopic (exact) mass is 331 g/mol. The molecule has 2 aromatic carbocycles. The van der Waals surface area contributed by atoms with Crippen LogP contribution in [0.4, 0.5) is 10.5 Å². The van der Waals surface area contributed by atoms with Crippen molar-refractivity contribution in [2.75, 3.05) is 19.0 Å². The fraction of sp³-hybridized carbons (Fsp3) is 0.176. The van der Waals surface area contributed by atoms with E-state index in [1.165, 1.54) is 0 Å². The molecule has 1 amide bonds. The Morgan fingerprint density at radius 2 is 1.70 bits per heavy atom. The van der Waals surface area contributed by atoms with Gasteiger partial charge in [-0.1, -0.05) is 0 Å². The van der Waals surface area contributed by atoms with Gasteiger partial charge >= 0.3 is 5.97 Å². The van der Waals surface area contributed by atoms with Crippen LogP contribution in [-0.4, -0.2) is 24.9 Å². The second-order valence-corrected chi connectivity index (χ2v) is 5.53. The van der Waals surface area contributed by atoms with Crippen LogP contribution in [0.25, 0.3) is 0 Å². The number of rotatable bonds is 5. The Kier molecular flexibility index (Phi) is 6.05. The molecule has 0 spiro atoms. The average molecular weight is 331 g/mol. The van der Waals surface area contributed by atoms with Gasteiger partial charge in [-0.25, -0.2) is 4.79 Å². The fourth-order valence-corrected chi connectivity index (χ4v) is 2.45. The summed E-state index contributed by atoms with van der Waals surface area (Å²) < 4.78 is 9.98. The number of anilines is 1. The number of carbonyl (C=O) groups is 2. The Bertz CT molecular complexity index is 668. The van der Waals surface area contributed by atoms with Crippen LogP contribution in [0, 0.1) is 0 Å². The van der Waals surface area contributed by atoms with Gasteiger partial charge in [-0.15, -0.1) is 0 Å². The van der Waals surface area contributed by atoms with Crippen molar-refractivity contribution in [3.05, 3.63) is 54.1 Å². The smallest absolute Gasteiger partial charge is 0.338 e. The third-order valence-electron chi connectivity index (χ3n) is 2.91. The Hall–Kier alpha value is -2.47. The van der Waals surface area contributed by atoms with Crippen molar-refractivity contribution in [1.29, 1.82) is 0 Å². The Morgan fingerprint density at radius 3 is 2.26 bits per heavy atom. The Morgan fingerprint density at radius 1 is 1.04 bits per heavy atom. The van der Waals surface area contributed by atoms with Crippen LogP contribution in [0.1, 0.15) is 17.3 Å². The molecule has 0 saturated heterocycles. The first-order valence-electron chi connectivity index (χ1n) is 7.02. The third kappa shape index (κ3) is 5.03. The molecule has 0 unspecified atom stereocenters. The van der Waals surface area contributed by atoms with Crippen LogP contribution in [0.3, 0.4) is 0 Å². The second-order valence-electron chi connectivity index (χ2n) is 4.49. The maximum Gasteiger partial charge on any atom is 0.338 e. The number of thioether (sulfide) groups is 1. The van der Waals surface area contributed by atoms with Gasteiger partial charge in [-0.05, 0) is 67.2 Å². The molecular formula is C17H17NO4S. The number of hydrogen-bond acceptors (Lipinski definition) is 5. The van der Waals surface area contributed by atoms with E-state index in [4.69, 9.17) is 9.47 Å². The number of methoxy groups -OCH3 is 1. The molecule has 2 rings (SSSR count). The first-order chi connectivity index (χ1) is 11.1. The van der Waals surface area contributed by atoms with Crippen LogP contribution < -0.4 is 10.1 Å². The number of nitrogens with one attached hydrogen (secondary N) is 1. The molecule has 0 saturated carbocycles. The topological polar surface area (TPSA) is 64.6 Å². The molecule has 0 atom stereocenters. The summed E-state index contributed by atoms with van der Waals surface area (Å²) >= 11 is 1.08. The number of carbonyl (C=O) groups excluding carboxylic acids is 2. The van der Waals surface area contributed by atoms with Crippen LogP contribution in [0.5, 0.6) is 5.75 Å². The van der Waals surface area contributed by atoms with Crippen LogP contribution >= 0.6 is 11.8 Å². The van der Waals surface area contributed by atoms with Crippen LogP contribution in [0.15, 0.2) is 53.4 Å². The zero-order chi connectivity index (χ0) is 16.7. The summed E-state index contributed by atoms with van der Waals surface area (Å²) in [5, 5.41) is 2.55. The summed E-state index contributed by atoms with van der Waals surface area (Å²) in [6.45, 7) is 2.08. The highest BCUT2D eigenvalue weighted by Gasteiger charge is 2.08. The predicted molar refractivity (Wildman–Crippen MR) is 90.3 cm³/mol. The fourth-order valence-electron chi connectivity index (χ4n) is 1.80. The summed E-state index contributed by atoms with van der Waals surface area (Å²) in [4.78, 5) is 24.3. The molecule has 2 aromatic rings. The molecule has 0 aliphatic rings. The van der Waals surface area contributed by atoms with Gasteiger partial charge in [0.15, 0.2) is 0 Å². The van der Waals surface area contributed by atoms with E-state index in [9.17, 15) is 9.59 Å². The zero-order valence-electron chi connectivity index (χ0n) is 12.9. The standard InChI is InChI=1S/C17H17NO4S/c1-3-22-16(19)12-4-6-13(7-5-12)18-17(20)23-15-10-8-14(21-2)9-11-15/h4-11H,3H2,1-2H3,(H,18,20). The van der Waals surface area contributed by atoms with E-state index in [1.807, 2.05) is 12.1 Å². The first kappa shape index (κ1) is 16.9. The SMILES string of the molecule is CCOC(=O)c1ccc(NC(=O)Sc2ccc(OC)cc2)cc1. The normalized spacial score (nSPS) is 10.0. The molecule has 0 aliphatic carbocycles. The number of benzene rings is 2.